The Morgan fingerprint density at radius 1 is 1.19 bits per heavy atom. The molecule has 0 saturated heterocycles. The first-order valence-electron chi connectivity index (χ1n) is 8.41. The highest BCUT2D eigenvalue weighted by Gasteiger charge is 2.34. The molecule has 2 aliphatic rings. The maximum Gasteiger partial charge on any atom is 0.279 e. The Balaban J connectivity index is 1.74. The summed E-state index contributed by atoms with van der Waals surface area (Å²) in [5.74, 6) is 1.10. The molecule has 0 radical (unpaired) electrons. The zero-order chi connectivity index (χ0) is 15.5. The minimum Gasteiger partial charge on any atom is -0.314 e. The zero-order valence-corrected chi connectivity index (χ0v) is 14.5. The third kappa shape index (κ3) is 4.91. The highest BCUT2D eigenvalue weighted by Crippen LogP contribution is 2.34. The Bertz CT molecular complexity index is 423. The molecule has 124 valence electrons. The standard InChI is InChI=1S/C15H31N3O2S/c1-4-13-6-9-15(12(13)2)17-21(19,20)18(3)11-5-10-16-14-7-8-14/h12-17H,4-11H2,1-3H3. The second kappa shape index (κ2) is 7.40. The highest BCUT2D eigenvalue weighted by atomic mass is 32.2. The largest absolute Gasteiger partial charge is 0.314 e. The Morgan fingerprint density at radius 2 is 1.90 bits per heavy atom. The summed E-state index contributed by atoms with van der Waals surface area (Å²) in [6, 6.07) is 0.794. The molecule has 0 aromatic heterocycles. The summed E-state index contributed by atoms with van der Waals surface area (Å²) >= 11 is 0. The lowest BCUT2D eigenvalue weighted by molar-refractivity contribution is 0.360. The molecule has 0 spiro atoms. The van der Waals surface area contributed by atoms with Crippen molar-refractivity contribution in [2.24, 2.45) is 11.8 Å². The van der Waals surface area contributed by atoms with Gasteiger partial charge in [0.15, 0.2) is 0 Å². The van der Waals surface area contributed by atoms with Crippen molar-refractivity contribution in [3.05, 3.63) is 0 Å². The Labute approximate surface area is 130 Å². The van der Waals surface area contributed by atoms with Crippen LogP contribution in [0.1, 0.15) is 52.4 Å². The maximum absolute atomic E-state index is 12.4. The molecule has 2 N–H and O–H groups in total. The van der Waals surface area contributed by atoms with Crippen molar-refractivity contribution in [1.29, 1.82) is 0 Å². The van der Waals surface area contributed by atoms with Gasteiger partial charge >= 0.3 is 0 Å². The number of nitrogens with one attached hydrogen (secondary N) is 2. The molecule has 0 aromatic rings. The second-order valence-corrected chi connectivity index (χ2v) is 8.55. The predicted octanol–water partition coefficient (Wildman–Crippen LogP) is 1.72. The van der Waals surface area contributed by atoms with Gasteiger partial charge in [-0.05, 0) is 50.5 Å². The van der Waals surface area contributed by atoms with Gasteiger partial charge in [0.25, 0.3) is 10.2 Å². The predicted molar refractivity (Wildman–Crippen MR) is 86.3 cm³/mol. The van der Waals surface area contributed by atoms with E-state index in [9.17, 15) is 8.42 Å². The normalized spacial score (nSPS) is 30.2. The smallest absolute Gasteiger partial charge is 0.279 e. The van der Waals surface area contributed by atoms with E-state index in [1.807, 2.05) is 0 Å². The first-order valence-corrected chi connectivity index (χ1v) is 9.85. The molecule has 5 nitrogen and oxygen atoms in total. The fourth-order valence-electron chi connectivity index (χ4n) is 3.29. The van der Waals surface area contributed by atoms with Crippen molar-refractivity contribution >= 4 is 10.2 Å². The van der Waals surface area contributed by atoms with Gasteiger partial charge in [-0.3, -0.25) is 0 Å². The minimum absolute atomic E-state index is 0.104. The summed E-state index contributed by atoms with van der Waals surface area (Å²) in [6.45, 7) is 5.85. The third-order valence-corrected chi connectivity index (χ3v) is 6.73. The summed E-state index contributed by atoms with van der Waals surface area (Å²) in [4.78, 5) is 0. The lowest BCUT2D eigenvalue weighted by atomic mass is 9.94. The molecule has 3 unspecified atom stereocenters. The van der Waals surface area contributed by atoms with E-state index >= 15 is 0 Å². The van der Waals surface area contributed by atoms with E-state index in [-0.39, 0.29) is 6.04 Å². The van der Waals surface area contributed by atoms with Gasteiger partial charge in [0, 0.05) is 25.7 Å². The first-order chi connectivity index (χ1) is 9.94. The zero-order valence-electron chi connectivity index (χ0n) is 13.6. The van der Waals surface area contributed by atoms with Gasteiger partial charge in [-0.1, -0.05) is 20.3 Å². The molecule has 0 amide bonds. The van der Waals surface area contributed by atoms with E-state index in [1.165, 1.54) is 17.1 Å². The van der Waals surface area contributed by atoms with Crippen molar-refractivity contribution < 1.29 is 8.42 Å². The van der Waals surface area contributed by atoms with Crippen LogP contribution >= 0.6 is 0 Å². The Kier molecular flexibility index (Phi) is 6.05. The van der Waals surface area contributed by atoms with Crippen LogP contribution in [-0.2, 0) is 10.2 Å². The number of nitrogens with zero attached hydrogens (tertiary/aromatic N) is 1. The van der Waals surface area contributed by atoms with E-state index in [1.54, 1.807) is 7.05 Å². The molecular formula is C15H31N3O2S. The van der Waals surface area contributed by atoms with Crippen LogP contribution in [0.5, 0.6) is 0 Å². The van der Waals surface area contributed by atoms with Gasteiger partial charge in [0.2, 0.25) is 0 Å². The van der Waals surface area contributed by atoms with Gasteiger partial charge < -0.3 is 5.32 Å². The Hall–Kier alpha value is -0.170. The van der Waals surface area contributed by atoms with E-state index in [0.717, 1.165) is 32.2 Å². The van der Waals surface area contributed by atoms with Crippen molar-refractivity contribution in [2.75, 3.05) is 20.1 Å². The molecule has 0 bridgehead atoms. The van der Waals surface area contributed by atoms with Crippen LogP contribution < -0.4 is 10.0 Å². The summed E-state index contributed by atoms with van der Waals surface area (Å²) in [6.07, 6.45) is 6.66. The van der Waals surface area contributed by atoms with Crippen LogP contribution in [0, 0.1) is 11.8 Å². The molecule has 2 fully saturated rings. The van der Waals surface area contributed by atoms with Gasteiger partial charge in [0.05, 0.1) is 0 Å². The molecule has 3 atom stereocenters. The molecular weight excluding hydrogens is 286 g/mol. The monoisotopic (exact) mass is 317 g/mol. The molecule has 2 rings (SSSR count). The van der Waals surface area contributed by atoms with Crippen LogP contribution in [0.2, 0.25) is 0 Å². The highest BCUT2D eigenvalue weighted by molar-refractivity contribution is 7.87. The average molecular weight is 317 g/mol. The molecule has 2 aliphatic carbocycles. The van der Waals surface area contributed by atoms with Gasteiger partial charge in [-0.25, -0.2) is 0 Å². The molecule has 2 saturated carbocycles. The number of hydrogen-bond donors (Lipinski definition) is 2. The van der Waals surface area contributed by atoms with E-state index < -0.39 is 10.2 Å². The van der Waals surface area contributed by atoms with Crippen molar-refractivity contribution in [3.63, 3.8) is 0 Å². The molecule has 6 heteroatoms. The molecule has 0 heterocycles. The summed E-state index contributed by atoms with van der Waals surface area (Å²) in [5.41, 5.74) is 0. The van der Waals surface area contributed by atoms with Gasteiger partial charge in [-0.15, -0.1) is 0 Å². The number of rotatable bonds is 9. The minimum atomic E-state index is -3.34. The SMILES string of the molecule is CCC1CCC(NS(=O)(=O)N(C)CCCNC2CC2)C1C. The molecule has 21 heavy (non-hydrogen) atoms. The first kappa shape index (κ1) is 17.2. The Morgan fingerprint density at radius 3 is 2.48 bits per heavy atom. The number of hydrogen-bond acceptors (Lipinski definition) is 3. The van der Waals surface area contributed by atoms with Crippen molar-refractivity contribution in [2.45, 2.75) is 64.5 Å². The summed E-state index contributed by atoms with van der Waals surface area (Å²) in [7, 11) is -1.66. The van der Waals surface area contributed by atoms with E-state index in [2.05, 4.69) is 23.9 Å². The average Bonchev–Trinajstić information content (AvgIpc) is 3.20. The fraction of sp³-hybridized carbons (Fsp3) is 1.00. The molecule has 0 aromatic carbocycles. The third-order valence-electron chi connectivity index (χ3n) is 5.12. The van der Waals surface area contributed by atoms with E-state index in [0.29, 0.717) is 24.4 Å². The lowest BCUT2D eigenvalue weighted by Gasteiger charge is -2.24. The molecule has 0 aliphatic heterocycles. The quantitative estimate of drug-likeness (QED) is 0.637. The summed E-state index contributed by atoms with van der Waals surface area (Å²) < 4.78 is 29.1. The van der Waals surface area contributed by atoms with Gasteiger partial charge in [0.1, 0.15) is 0 Å². The van der Waals surface area contributed by atoms with Crippen LogP contribution in [0.25, 0.3) is 0 Å². The van der Waals surface area contributed by atoms with Gasteiger partial charge in [-0.2, -0.15) is 17.4 Å². The van der Waals surface area contributed by atoms with Crippen LogP contribution in [0.15, 0.2) is 0 Å². The fourth-order valence-corrected chi connectivity index (χ4v) is 4.55. The van der Waals surface area contributed by atoms with Crippen LogP contribution in [0.4, 0.5) is 0 Å². The second-order valence-electron chi connectivity index (χ2n) is 6.74. The van der Waals surface area contributed by atoms with Crippen molar-refractivity contribution in [1.82, 2.24) is 14.3 Å². The maximum atomic E-state index is 12.4. The van der Waals surface area contributed by atoms with Crippen LogP contribution in [0.3, 0.4) is 0 Å². The van der Waals surface area contributed by atoms with E-state index in [4.69, 9.17) is 0 Å². The topological polar surface area (TPSA) is 61.4 Å². The lowest BCUT2D eigenvalue weighted by Crippen LogP contribution is -2.45. The van der Waals surface area contributed by atoms with Crippen LogP contribution in [-0.4, -0.2) is 44.9 Å². The summed E-state index contributed by atoms with van der Waals surface area (Å²) in [5, 5.41) is 3.42. The van der Waals surface area contributed by atoms with Crippen molar-refractivity contribution in [3.8, 4) is 0 Å².